The fourth-order valence-corrected chi connectivity index (χ4v) is 4.23. The van der Waals surface area contributed by atoms with Gasteiger partial charge in [-0.25, -0.2) is 8.42 Å². The summed E-state index contributed by atoms with van der Waals surface area (Å²) in [6.45, 7) is 2.56. The Morgan fingerprint density at radius 2 is 2.19 bits per heavy atom. The van der Waals surface area contributed by atoms with E-state index >= 15 is 0 Å². The molecule has 21 heavy (non-hydrogen) atoms. The number of aryl methyl sites for hydroxylation is 1. The van der Waals surface area contributed by atoms with Crippen LogP contribution in [-0.2, 0) is 16.6 Å². The van der Waals surface area contributed by atoms with E-state index in [0.717, 1.165) is 17.1 Å². The summed E-state index contributed by atoms with van der Waals surface area (Å²) >= 11 is 1.47. The van der Waals surface area contributed by atoms with Gasteiger partial charge in [-0.3, -0.25) is 9.71 Å². The van der Waals surface area contributed by atoms with Crippen LogP contribution in [0.5, 0.6) is 0 Å². The third kappa shape index (κ3) is 3.81. The van der Waals surface area contributed by atoms with E-state index in [2.05, 4.69) is 15.0 Å². The van der Waals surface area contributed by atoms with Crippen LogP contribution in [0.4, 0.5) is 5.69 Å². The van der Waals surface area contributed by atoms with Gasteiger partial charge in [-0.2, -0.15) is 0 Å². The molecule has 0 spiro atoms. The first kappa shape index (κ1) is 14.5. The molecular formula is C14H17N3O2S2. The highest BCUT2D eigenvalue weighted by atomic mass is 32.2. The third-order valence-electron chi connectivity index (χ3n) is 3.23. The molecule has 2 aromatic rings. The Bertz CT molecular complexity index is 736. The van der Waals surface area contributed by atoms with Crippen molar-refractivity contribution in [1.29, 1.82) is 0 Å². The second kappa shape index (κ2) is 5.75. The summed E-state index contributed by atoms with van der Waals surface area (Å²) in [5.41, 5.74) is 1.31. The van der Waals surface area contributed by atoms with Crippen molar-refractivity contribution in [2.75, 3.05) is 4.72 Å². The fourth-order valence-electron chi connectivity index (χ4n) is 1.95. The predicted octanol–water partition coefficient (Wildman–Crippen LogP) is 2.50. The van der Waals surface area contributed by atoms with Crippen molar-refractivity contribution in [3.05, 3.63) is 40.3 Å². The first-order valence-electron chi connectivity index (χ1n) is 6.79. The van der Waals surface area contributed by atoms with Crippen molar-refractivity contribution < 1.29 is 8.42 Å². The molecule has 0 radical (unpaired) electrons. The first-order chi connectivity index (χ1) is 10.0. The summed E-state index contributed by atoms with van der Waals surface area (Å²) < 4.78 is 27.2. The van der Waals surface area contributed by atoms with Gasteiger partial charge in [0.25, 0.3) is 10.0 Å². The van der Waals surface area contributed by atoms with Crippen molar-refractivity contribution in [1.82, 2.24) is 10.3 Å². The zero-order valence-electron chi connectivity index (χ0n) is 11.7. The summed E-state index contributed by atoms with van der Waals surface area (Å²) in [7, 11) is -3.53. The average Bonchev–Trinajstić information content (AvgIpc) is 3.12. The summed E-state index contributed by atoms with van der Waals surface area (Å²) in [5.74, 6) is 0. The molecule has 1 fully saturated rings. The summed E-state index contributed by atoms with van der Waals surface area (Å²) in [5, 5.41) is 5.06. The van der Waals surface area contributed by atoms with Gasteiger partial charge in [0.2, 0.25) is 0 Å². The van der Waals surface area contributed by atoms with E-state index < -0.39 is 10.0 Å². The topological polar surface area (TPSA) is 71.1 Å². The van der Waals surface area contributed by atoms with E-state index in [-0.39, 0.29) is 0 Å². The Hall–Kier alpha value is -1.44. The van der Waals surface area contributed by atoms with Crippen LogP contribution in [0.2, 0.25) is 0 Å². The number of hydrogen-bond acceptors (Lipinski definition) is 5. The van der Waals surface area contributed by atoms with Crippen LogP contribution in [0, 0.1) is 6.92 Å². The lowest BCUT2D eigenvalue weighted by molar-refractivity contribution is 0.601. The molecule has 0 saturated heterocycles. The maximum Gasteiger partial charge on any atom is 0.262 e. The SMILES string of the molecule is Cc1cc(NS(=O)(=O)c2csc(CNC3CC3)c2)ccn1. The Balaban J connectivity index is 1.71. The molecule has 0 aliphatic heterocycles. The van der Waals surface area contributed by atoms with Crippen LogP contribution >= 0.6 is 11.3 Å². The molecule has 2 N–H and O–H groups in total. The van der Waals surface area contributed by atoms with Gasteiger partial charge >= 0.3 is 0 Å². The maximum absolute atomic E-state index is 12.3. The number of nitrogens with one attached hydrogen (secondary N) is 2. The van der Waals surface area contributed by atoms with E-state index in [4.69, 9.17) is 0 Å². The van der Waals surface area contributed by atoms with Gasteiger partial charge in [-0.05, 0) is 38.0 Å². The second-order valence-electron chi connectivity index (χ2n) is 5.20. The van der Waals surface area contributed by atoms with Crippen LogP contribution in [0.3, 0.4) is 0 Å². The molecule has 5 nitrogen and oxygen atoms in total. The molecule has 2 aromatic heterocycles. The predicted molar refractivity (Wildman–Crippen MR) is 84.0 cm³/mol. The lowest BCUT2D eigenvalue weighted by Gasteiger charge is -2.06. The quantitative estimate of drug-likeness (QED) is 0.857. The number of pyridine rings is 1. The molecule has 0 atom stereocenters. The zero-order chi connectivity index (χ0) is 14.9. The Morgan fingerprint density at radius 3 is 2.90 bits per heavy atom. The number of nitrogens with zero attached hydrogens (tertiary/aromatic N) is 1. The van der Waals surface area contributed by atoms with Crippen LogP contribution in [-0.4, -0.2) is 19.4 Å². The highest BCUT2D eigenvalue weighted by Gasteiger charge is 2.21. The first-order valence-corrected chi connectivity index (χ1v) is 9.15. The number of sulfonamides is 1. The van der Waals surface area contributed by atoms with Gasteiger partial charge in [0.05, 0.1) is 10.6 Å². The van der Waals surface area contributed by atoms with Gasteiger partial charge < -0.3 is 5.32 Å². The summed E-state index contributed by atoms with van der Waals surface area (Å²) in [6.07, 6.45) is 4.03. The van der Waals surface area contributed by atoms with Gasteiger partial charge in [0, 0.05) is 34.7 Å². The minimum absolute atomic E-state index is 0.314. The summed E-state index contributed by atoms with van der Waals surface area (Å²) in [6, 6.07) is 5.70. The van der Waals surface area contributed by atoms with Crippen molar-refractivity contribution in [3.63, 3.8) is 0 Å². The molecule has 3 rings (SSSR count). The van der Waals surface area contributed by atoms with Gasteiger partial charge in [-0.15, -0.1) is 11.3 Å². The number of hydrogen-bond donors (Lipinski definition) is 2. The molecule has 0 unspecified atom stereocenters. The molecule has 0 bridgehead atoms. The van der Waals surface area contributed by atoms with Crippen LogP contribution in [0.1, 0.15) is 23.4 Å². The molecular weight excluding hydrogens is 306 g/mol. The van der Waals surface area contributed by atoms with E-state index in [1.54, 1.807) is 29.8 Å². The molecule has 1 aliphatic rings. The maximum atomic E-state index is 12.3. The van der Waals surface area contributed by atoms with Gasteiger partial charge in [0.1, 0.15) is 0 Å². The molecule has 7 heteroatoms. The fraction of sp³-hybridized carbons (Fsp3) is 0.357. The standard InChI is InChI=1S/C14H17N3O2S2/c1-10-6-12(4-5-15-10)17-21(18,19)14-7-13(20-9-14)8-16-11-2-3-11/h4-7,9,11,16H,2-3,8H2,1H3,(H,15,17). The molecule has 1 saturated carbocycles. The molecule has 112 valence electrons. The number of anilines is 1. The van der Waals surface area contributed by atoms with Crippen LogP contribution in [0.15, 0.2) is 34.7 Å². The average molecular weight is 323 g/mol. The van der Waals surface area contributed by atoms with E-state index in [0.29, 0.717) is 16.6 Å². The Morgan fingerprint density at radius 1 is 1.38 bits per heavy atom. The number of rotatable bonds is 6. The van der Waals surface area contributed by atoms with Crippen molar-refractivity contribution in [3.8, 4) is 0 Å². The zero-order valence-corrected chi connectivity index (χ0v) is 13.3. The van der Waals surface area contributed by atoms with E-state index in [9.17, 15) is 8.42 Å². The van der Waals surface area contributed by atoms with Crippen LogP contribution in [0.25, 0.3) is 0 Å². The summed E-state index contributed by atoms with van der Waals surface area (Å²) in [4.78, 5) is 5.40. The normalized spacial score (nSPS) is 15.1. The van der Waals surface area contributed by atoms with Crippen molar-refractivity contribution in [2.45, 2.75) is 37.2 Å². The molecule has 0 aromatic carbocycles. The second-order valence-corrected chi connectivity index (χ2v) is 7.87. The van der Waals surface area contributed by atoms with E-state index in [1.165, 1.54) is 24.2 Å². The van der Waals surface area contributed by atoms with Gasteiger partial charge in [0.15, 0.2) is 0 Å². The molecule has 2 heterocycles. The Kier molecular flexibility index (Phi) is 3.97. The molecule has 0 amide bonds. The smallest absolute Gasteiger partial charge is 0.262 e. The highest BCUT2D eigenvalue weighted by Crippen LogP contribution is 2.24. The monoisotopic (exact) mass is 323 g/mol. The van der Waals surface area contributed by atoms with E-state index in [1.807, 2.05) is 6.92 Å². The lowest BCUT2D eigenvalue weighted by Crippen LogP contribution is -2.15. The Labute approximate surface area is 128 Å². The van der Waals surface area contributed by atoms with Crippen LogP contribution < -0.4 is 10.0 Å². The number of aromatic nitrogens is 1. The van der Waals surface area contributed by atoms with Crippen molar-refractivity contribution in [2.24, 2.45) is 0 Å². The molecule has 1 aliphatic carbocycles. The number of thiophene rings is 1. The highest BCUT2D eigenvalue weighted by molar-refractivity contribution is 7.92. The minimum atomic E-state index is -3.53. The van der Waals surface area contributed by atoms with Gasteiger partial charge in [-0.1, -0.05) is 0 Å². The lowest BCUT2D eigenvalue weighted by atomic mass is 10.3. The minimum Gasteiger partial charge on any atom is -0.309 e. The van der Waals surface area contributed by atoms with Crippen molar-refractivity contribution >= 4 is 27.0 Å². The largest absolute Gasteiger partial charge is 0.309 e. The third-order valence-corrected chi connectivity index (χ3v) is 5.68.